The van der Waals surface area contributed by atoms with Crippen molar-refractivity contribution in [1.29, 1.82) is 0 Å². The first-order chi connectivity index (χ1) is 14.5. The van der Waals surface area contributed by atoms with Crippen molar-refractivity contribution in [2.45, 2.75) is 32.9 Å². The van der Waals surface area contributed by atoms with Crippen LogP contribution in [0.1, 0.15) is 26.6 Å². The minimum absolute atomic E-state index is 0.210. The van der Waals surface area contributed by atoms with Crippen molar-refractivity contribution in [3.05, 3.63) is 55.7 Å². The monoisotopic (exact) mass is 488 g/mol. The maximum Gasteiger partial charge on any atom is 0.420 e. The molecule has 0 unspecified atom stereocenters. The lowest BCUT2D eigenvalue weighted by molar-refractivity contribution is 0.0538. The first kappa shape index (κ1) is 21.0. The Morgan fingerprint density at radius 3 is 2.45 bits per heavy atom. The number of para-hydroxylation sites is 2. The fourth-order valence-electron chi connectivity index (χ4n) is 3.39. The number of fused-ring (bicyclic) bond motifs is 2. The molecule has 0 saturated carbocycles. The average Bonchev–Trinajstić information content (AvgIpc) is 3.19. The molecule has 3 aromatic heterocycles. The Labute approximate surface area is 184 Å². The molecule has 31 heavy (non-hydrogen) atoms. The first-order valence-electron chi connectivity index (χ1n) is 9.51. The summed E-state index contributed by atoms with van der Waals surface area (Å²) in [5.41, 5.74) is -0.215. The van der Waals surface area contributed by atoms with Crippen molar-refractivity contribution >= 4 is 44.2 Å². The minimum Gasteiger partial charge on any atom is -0.443 e. The lowest BCUT2D eigenvalue weighted by atomic mass is 10.2. The van der Waals surface area contributed by atoms with Crippen LogP contribution in [0.25, 0.3) is 22.2 Å². The van der Waals surface area contributed by atoms with E-state index in [1.54, 1.807) is 56.7 Å². The molecule has 0 radical (unpaired) electrons. The Kier molecular flexibility index (Phi) is 4.88. The summed E-state index contributed by atoms with van der Waals surface area (Å²) >= 11 is 3.29. The molecule has 1 aromatic carbocycles. The summed E-state index contributed by atoms with van der Waals surface area (Å²) in [7, 11) is 3.21. The number of imidazole rings is 2. The van der Waals surface area contributed by atoms with Gasteiger partial charge in [-0.25, -0.2) is 24.1 Å². The van der Waals surface area contributed by atoms with Crippen LogP contribution in [0.3, 0.4) is 0 Å². The molecule has 10 nitrogen and oxygen atoms in total. The van der Waals surface area contributed by atoms with Crippen LogP contribution in [0.15, 0.2) is 38.6 Å². The molecule has 4 aromatic rings. The van der Waals surface area contributed by atoms with Gasteiger partial charge >= 0.3 is 11.8 Å². The summed E-state index contributed by atoms with van der Waals surface area (Å²) in [6, 6.07) is 7.06. The molecule has 162 valence electrons. The number of halogens is 1. The lowest BCUT2D eigenvalue weighted by Gasteiger charge is -2.20. The van der Waals surface area contributed by atoms with E-state index < -0.39 is 22.9 Å². The second-order valence-corrected chi connectivity index (χ2v) is 8.89. The SMILES string of the molecule is Cn1c(Br)nc2c1c(=O)n(Cc1nc3ccccc3n1C(=O)OC(C)(C)C)c(=O)n2C. The molecule has 0 aliphatic rings. The lowest BCUT2D eigenvalue weighted by Crippen LogP contribution is -2.40. The van der Waals surface area contributed by atoms with E-state index in [4.69, 9.17) is 4.74 Å². The zero-order valence-electron chi connectivity index (χ0n) is 17.7. The fraction of sp³-hybridized carbons (Fsp3) is 0.350. The molecule has 0 amide bonds. The summed E-state index contributed by atoms with van der Waals surface area (Å²) in [6.07, 6.45) is -0.634. The van der Waals surface area contributed by atoms with Gasteiger partial charge in [-0.05, 0) is 48.8 Å². The topological polar surface area (TPSA) is 106 Å². The van der Waals surface area contributed by atoms with E-state index >= 15 is 0 Å². The minimum atomic E-state index is -0.730. The molecular formula is C20H21BrN6O4. The van der Waals surface area contributed by atoms with Crippen LogP contribution < -0.4 is 11.2 Å². The molecular weight excluding hydrogens is 468 g/mol. The number of nitrogens with zero attached hydrogens (tertiary/aromatic N) is 6. The van der Waals surface area contributed by atoms with Crippen LogP contribution in [0.5, 0.6) is 0 Å². The standard InChI is InChI=1S/C20H21BrN6O4/c1-20(2,3)31-19(30)27-12-9-7-6-8-11(12)22-13(27)10-26-16(28)14-15(25(5)18(26)29)23-17(21)24(14)4/h6-9H,10H2,1-5H3. The Balaban J connectivity index is 1.94. The van der Waals surface area contributed by atoms with Crippen molar-refractivity contribution in [3.8, 4) is 0 Å². The zero-order chi connectivity index (χ0) is 22.7. The third-order valence-corrected chi connectivity index (χ3v) is 5.52. The van der Waals surface area contributed by atoms with Gasteiger partial charge in [-0.15, -0.1) is 0 Å². The van der Waals surface area contributed by atoms with Gasteiger partial charge in [0, 0.05) is 14.1 Å². The highest BCUT2D eigenvalue weighted by Crippen LogP contribution is 2.20. The third-order valence-electron chi connectivity index (χ3n) is 4.81. The number of aryl methyl sites for hydroxylation is 2. The number of carbonyl (C=O) groups is 1. The van der Waals surface area contributed by atoms with Gasteiger partial charge in [0.1, 0.15) is 11.4 Å². The average molecular weight is 489 g/mol. The molecule has 11 heteroatoms. The van der Waals surface area contributed by atoms with Gasteiger partial charge in [-0.1, -0.05) is 12.1 Å². The number of ether oxygens (including phenoxy) is 1. The quantitative estimate of drug-likeness (QED) is 0.401. The molecule has 0 atom stereocenters. The van der Waals surface area contributed by atoms with E-state index in [1.165, 1.54) is 16.2 Å². The molecule has 0 bridgehead atoms. The highest BCUT2D eigenvalue weighted by molar-refractivity contribution is 9.10. The Morgan fingerprint density at radius 2 is 1.77 bits per heavy atom. The smallest absolute Gasteiger partial charge is 0.420 e. The van der Waals surface area contributed by atoms with Gasteiger partial charge in [0.15, 0.2) is 15.9 Å². The predicted molar refractivity (Wildman–Crippen MR) is 118 cm³/mol. The molecule has 0 fully saturated rings. The van der Waals surface area contributed by atoms with Crippen LogP contribution >= 0.6 is 15.9 Å². The highest BCUT2D eigenvalue weighted by atomic mass is 79.9. The number of aromatic nitrogens is 6. The maximum atomic E-state index is 13.2. The Morgan fingerprint density at radius 1 is 1.10 bits per heavy atom. The van der Waals surface area contributed by atoms with Crippen LogP contribution in [0, 0.1) is 0 Å². The summed E-state index contributed by atoms with van der Waals surface area (Å²) in [6.45, 7) is 5.08. The molecule has 4 rings (SSSR count). The van der Waals surface area contributed by atoms with E-state index in [0.29, 0.717) is 15.8 Å². The number of hydrogen-bond donors (Lipinski definition) is 0. The van der Waals surface area contributed by atoms with E-state index in [-0.39, 0.29) is 23.5 Å². The van der Waals surface area contributed by atoms with Crippen molar-refractivity contribution < 1.29 is 9.53 Å². The molecule has 0 saturated heterocycles. The highest BCUT2D eigenvalue weighted by Gasteiger charge is 2.25. The van der Waals surface area contributed by atoms with Crippen molar-refractivity contribution in [3.63, 3.8) is 0 Å². The largest absolute Gasteiger partial charge is 0.443 e. The molecule has 0 N–H and O–H groups in total. The third kappa shape index (κ3) is 3.48. The van der Waals surface area contributed by atoms with Gasteiger partial charge in [-0.3, -0.25) is 13.9 Å². The van der Waals surface area contributed by atoms with Gasteiger partial charge in [0.05, 0.1) is 17.6 Å². The molecule has 0 aliphatic heterocycles. The predicted octanol–water partition coefficient (Wildman–Crippen LogP) is 2.38. The van der Waals surface area contributed by atoms with Gasteiger partial charge in [-0.2, -0.15) is 0 Å². The molecule has 3 heterocycles. The first-order valence-corrected chi connectivity index (χ1v) is 10.3. The van der Waals surface area contributed by atoms with Crippen molar-refractivity contribution in [1.82, 2.24) is 28.2 Å². The Hall–Kier alpha value is -3.21. The van der Waals surface area contributed by atoms with E-state index in [0.717, 1.165) is 4.57 Å². The van der Waals surface area contributed by atoms with Gasteiger partial charge in [0.2, 0.25) is 0 Å². The van der Waals surface area contributed by atoms with E-state index in [2.05, 4.69) is 25.9 Å². The molecule has 0 spiro atoms. The van der Waals surface area contributed by atoms with E-state index in [9.17, 15) is 14.4 Å². The zero-order valence-corrected chi connectivity index (χ0v) is 19.3. The van der Waals surface area contributed by atoms with E-state index in [1.807, 2.05) is 0 Å². The fourth-order valence-corrected chi connectivity index (χ4v) is 3.74. The van der Waals surface area contributed by atoms with Gasteiger partial charge in [0.25, 0.3) is 5.56 Å². The molecule has 0 aliphatic carbocycles. The number of hydrogen-bond acceptors (Lipinski definition) is 6. The van der Waals surface area contributed by atoms with Crippen LogP contribution in [-0.2, 0) is 25.4 Å². The second-order valence-electron chi connectivity index (χ2n) is 8.18. The number of rotatable bonds is 2. The number of benzene rings is 1. The summed E-state index contributed by atoms with van der Waals surface area (Å²) in [5.74, 6) is 0.218. The number of carbonyl (C=O) groups excluding carboxylic acids is 1. The van der Waals surface area contributed by atoms with Crippen LogP contribution in [0.2, 0.25) is 0 Å². The Bertz CT molecular complexity index is 1470. The summed E-state index contributed by atoms with van der Waals surface area (Å²) < 4.78 is 11.2. The normalized spacial score (nSPS) is 12.1. The summed E-state index contributed by atoms with van der Waals surface area (Å²) in [5, 5.41) is 0. The van der Waals surface area contributed by atoms with Crippen molar-refractivity contribution in [2.75, 3.05) is 0 Å². The summed E-state index contributed by atoms with van der Waals surface area (Å²) in [4.78, 5) is 47.8. The van der Waals surface area contributed by atoms with Crippen LogP contribution in [-0.4, -0.2) is 39.9 Å². The van der Waals surface area contributed by atoms with Crippen LogP contribution in [0.4, 0.5) is 4.79 Å². The van der Waals surface area contributed by atoms with Crippen molar-refractivity contribution in [2.24, 2.45) is 14.1 Å². The maximum absolute atomic E-state index is 13.2. The van der Waals surface area contributed by atoms with Gasteiger partial charge < -0.3 is 9.30 Å². The second kappa shape index (κ2) is 7.19.